The molecule has 0 unspecified atom stereocenters. The molecule has 1 aliphatic heterocycles. The highest BCUT2D eigenvalue weighted by molar-refractivity contribution is 5.76. The van der Waals surface area contributed by atoms with Gasteiger partial charge in [0.25, 0.3) is 5.91 Å². The highest BCUT2D eigenvalue weighted by atomic mass is 16.7. The molecule has 0 aromatic rings. The molecule has 1 aliphatic rings. The molecule has 0 saturated carbocycles. The summed E-state index contributed by atoms with van der Waals surface area (Å²) in [7, 11) is 1.49. The van der Waals surface area contributed by atoms with Gasteiger partial charge in [0.05, 0.1) is 13.2 Å². The molecule has 1 saturated heterocycles. The molecule has 1 amide bonds. The quantitative estimate of drug-likeness (QED) is 0.540. The Balaban J connectivity index is 2.25. The molecule has 0 radical (unpaired) electrons. The predicted molar refractivity (Wildman–Crippen MR) is 34.2 cm³/mol. The van der Waals surface area contributed by atoms with E-state index in [0.29, 0.717) is 13.2 Å². The van der Waals surface area contributed by atoms with Crippen LogP contribution in [0.4, 0.5) is 0 Å². The standard InChI is InChI=1S/C6H11NO3/c1-9-5-6(8)7-3-2-4-10-7/h2-5H2,1H3. The Morgan fingerprint density at radius 2 is 2.60 bits per heavy atom. The number of hydrogen-bond acceptors (Lipinski definition) is 3. The fourth-order valence-electron chi connectivity index (χ4n) is 0.840. The van der Waals surface area contributed by atoms with Crippen molar-refractivity contribution in [2.75, 3.05) is 26.9 Å². The molecule has 0 aromatic carbocycles. The number of hydrogen-bond donors (Lipinski definition) is 0. The summed E-state index contributed by atoms with van der Waals surface area (Å²) in [6, 6.07) is 0. The molecule has 1 fully saturated rings. The van der Waals surface area contributed by atoms with Crippen LogP contribution in [0.5, 0.6) is 0 Å². The topological polar surface area (TPSA) is 38.8 Å². The van der Waals surface area contributed by atoms with Gasteiger partial charge < -0.3 is 4.74 Å². The monoisotopic (exact) mass is 145 g/mol. The Hall–Kier alpha value is -0.610. The zero-order valence-electron chi connectivity index (χ0n) is 6.00. The SMILES string of the molecule is COCC(=O)N1CCCO1. The summed E-state index contributed by atoms with van der Waals surface area (Å²) in [5.74, 6) is -0.0972. The van der Waals surface area contributed by atoms with Crippen LogP contribution in [0.15, 0.2) is 0 Å². The third kappa shape index (κ3) is 1.68. The van der Waals surface area contributed by atoms with Gasteiger partial charge in [0, 0.05) is 7.11 Å². The van der Waals surface area contributed by atoms with Gasteiger partial charge in [0.15, 0.2) is 0 Å². The highest BCUT2D eigenvalue weighted by Gasteiger charge is 2.18. The maximum absolute atomic E-state index is 10.9. The first kappa shape index (κ1) is 7.50. The Morgan fingerprint density at radius 1 is 1.80 bits per heavy atom. The molecule has 0 aliphatic carbocycles. The van der Waals surface area contributed by atoms with Crippen LogP contribution >= 0.6 is 0 Å². The van der Waals surface area contributed by atoms with Crippen molar-refractivity contribution >= 4 is 5.91 Å². The van der Waals surface area contributed by atoms with Crippen LogP contribution < -0.4 is 0 Å². The predicted octanol–water partition coefficient (Wildman–Crippen LogP) is -0.203. The minimum Gasteiger partial charge on any atom is -0.375 e. The summed E-state index contributed by atoms with van der Waals surface area (Å²) in [6.07, 6.45) is 0.926. The summed E-state index contributed by atoms with van der Waals surface area (Å²) in [6.45, 7) is 1.46. The lowest BCUT2D eigenvalue weighted by Gasteiger charge is -2.12. The van der Waals surface area contributed by atoms with E-state index in [1.165, 1.54) is 12.2 Å². The van der Waals surface area contributed by atoms with Gasteiger partial charge in [-0.15, -0.1) is 0 Å². The third-order valence-corrected chi connectivity index (χ3v) is 1.30. The molecule has 0 aromatic heterocycles. The second-order valence-electron chi connectivity index (χ2n) is 2.12. The maximum Gasteiger partial charge on any atom is 0.272 e. The van der Waals surface area contributed by atoms with Gasteiger partial charge in [0.1, 0.15) is 6.61 Å². The summed E-state index contributed by atoms with van der Waals surface area (Å²) < 4.78 is 4.64. The average molecular weight is 145 g/mol. The lowest BCUT2D eigenvalue weighted by molar-refractivity contribution is -0.172. The molecule has 4 nitrogen and oxygen atoms in total. The van der Waals surface area contributed by atoms with Crippen LogP contribution in [0.1, 0.15) is 6.42 Å². The Kier molecular flexibility index (Phi) is 2.65. The van der Waals surface area contributed by atoms with E-state index in [1.807, 2.05) is 0 Å². The molecule has 10 heavy (non-hydrogen) atoms. The Bertz CT molecular complexity index is 120. The number of rotatable bonds is 2. The van der Waals surface area contributed by atoms with Gasteiger partial charge in [-0.25, -0.2) is 5.06 Å². The number of nitrogens with zero attached hydrogens (tertiary/aromatic N) is 1. The average Bonchev–Trinajstić information content (AvgIpc) is 2.38. The van der Waals surface area contributed by atoms with E-state index in [4.69, 9.17) is 4.84 Å². The third-order valence-electron chi connectivity index (χ3n) is 1.30. The number of carbonyl (C=O) groups excluding carboxylic acids is 1. The van der Waals surface area contributed by atoms with Crippen molar-refractivity contribution in [3.63, 3.8) is 0 Å². The fraction of sp³-hybridized carbons (Fsp3) is 0.833. The lowest BCUT2D eigenvalue weighted by Crippen LogP contribution is -2.29. The van der Waals surface area contributed by atoms with E-state index in [-0.39, 0.29) is 12.5 Å². The first-order valence-corrected chi connectivity index (χ1v) is 3.27. The van der Waals surface area contributed by atoms with E-state index < -0.39 is 0 Å². The van der Waals surface area contributed by atoms with E-state index in [0.717, 1.165) is 6.42 Å². The van der Waals surface area contributed by atoms with Crippen molar-refractivity contribution in [3.05, 3.63) is 0 Å². The molecular formula is C6H11NO3. The minimum absolute atomic E-state index is 0.0972. The Morgan fingerprint density at radius 3 is 3.10 bits per heavy atom. The van der Waals surface area contributed by atoms with Gasteiger partial charge in [-0.3, -0.25) is 9.63 Å². The molecular weight excluding hydrogens is 134 g/mol. The smallest absolute Gasteiger partial charge is 0.272 e. The molecule has 0 N–H and O–H groups in total. The van der Waals surface area contributed by atoms with Gasteiger partial charge in [0.2, 0.25) is 0 Å². The van der Waals surface area contributed by atoms with E-state index in [1.54, 1.807) is 0 Å². The molecule has 1 rings (SSSR count). The number of methoxy groups -OCH3 is 1. The normalized spacial score (nSPS) is 17.9. The van der Waals surface area contributed by atoms with Crippen LogP contribution in [0, 0.1) is 0 Å². The first-order valence-electron chi connectivity index (χ1n) is 3.27. The van der Waals surface area contributed by atoms with E-state index >= 15 is 0 Å². The van der Waals surface area contributed by atoms with E-state index in [2.05, 4.69) is 4.74 Å². The number of carbonyl (C=O) groups is 1. The summed E-state index contributed by atoms with van der Waals surface area (Å²) in [4.78, 5) is 15.9. The summed E-state index contributed by atoms with van der Waals surface area (Å²) >= 11 is 0. The highest BCUT2D eigenvalue weighted by Crippen LogP contribution is 2.03. The molecule has 58 valence electrons. The summed E-state index contributed by atoms with van der Waals surface area (Å²) in [5.41, 5.74) is 0. The van der Waals surface area contributed by atoms with Gasteiger partial charge >= 0.3 is 0 Å². The van der Waals surface area contributed by atoms with Crippen molar-refractivity contribution < 1.29 is 14.4 Å². The second-order valence-corrected chi connectivity index (χ2v) is 2.12. The minimum atomic E-state index is -0.0972. The second kappa shape index (κ2) is 3.53. The lowest BCUT2D eigenvalue weighted by atomic mass is 10.5. The Labute approximate surface area is 59.7 Å². The van der Waals surface area contributed by atoms with Crippen LogP contribution in [0.3, 0.4) is 0 Å². The maximum atomic E-state index is 10.9. The van der Waals surface area contributed by atoms with Crippen molar-refractivity contribution in [1.82, 2.24) is 5.06 Å². The number of hydroxylamine groups is 2. The van der Waals surface area contributed by atoms with Gasteiger partial charge in [-0.1, -0.05) is 0 Å². The van der Waals surface area contributed by atoms with Crippen molar-refractivity contribution in [2.45, 2.75) is 6.42 Å². The van der Waals surface area contributed by atoms with Crippen LogP contribution in [-0.4, -0.2) is 37.8 Å². The molecule has 4 heteroatoms. The van der Waals surface area contributed by atoms with Crippen molar-refractivity contribution in [1.29, 1.82) is 0 Å². The number of amides is 1. The van der Waals surface area contributed by atoms with Crippen LogP contribution in [-0.2, 0) is 14.4 Å². The summed E-state index contributed by atoms with van der Waals surface area (Å²) in [5, 5.41) is 1.35. The number of ether oxygens (including phenoxy) is 1. The zero-order valence-corrected chi connectivity index (χ0v) is 6.00. The fourth-order valence-corrected chi connectivity index (χ4v) is 0.840. The first-order chi connectivity index (χ1) is 4.84. The van der Waals surface area contributed by atoms with Crippen molar-refractivity contribution in [3.8, 4) is 0 Å². The van der Waals surface area contributed by atoms with Crippen LogP contribution in [0.25, 0.3) is 0 Å². The largest absolute Gasteiger partial charge is 0.375 e. The van der Waals surface area contributed by atoms with Crippen molar-refractivity contribution in [2.24, 2.45) is 0 Å². The molecule has 0 bridgehead atoms. The van der Waals surface area contributed by atoms with Gasteiger partial charge in [-0.2, -0.15) is 0 Å². The molecule has 1 heterocycles. The van der Waals surface area contributed by atoms with Crippen LogP contribution in [0.2, 0.25) is 0 Å². The molecule has 0 atom stereocenters. The van der Waals surface area contributed by atoms with E-state index in [9.17, 15) is 4.79 Å². The van der Waals surface area contributed by atoms with Gasteiger partial charge in [-0.05, 0) is 6.42 Å². The zero-order chi connectivity index (χ0) is 7.40. The molecule has 0 spiro atoms.